The number of pyridine rings is 3. The number of amides is 2. The first-order chi connectivity index (χ1) is 40.1. The lowest BCUT2D eigenvalue weighted by atomic mass is 9.68. The quantitative estimate of drug-likeness (QED) is 0.0855. The van der Waals surface area contributed by atoms with E-state index in [-0.39, 0.29) is 99.8 Å². The Labute approximate surface area is 487 Å². The normalized spacial score (nSPS) is 23.7. The highest BCUT2D eigenvalue weighted by Crippen LogP contribution is 2.48. The van der Waals surface area contributed by atoms with Gasteiger partial charge in [0.15, 0.2) is 34.6 Å². The van der Waals surface area contributed by atoms with Crippen molar-refractivity contribution in [2.45, 2.75) is 116 Å². The smallest absolute Gasteiger partial charge is 0.257 e. The Kier molecular flexibility index (Phi) is 17.9. The highest BCUT2D eigenvalue weighted by atomic mass is 79.9. The fraction of sp³-hybridized carbons (Fsp3) is 0.433. The van der Waals surface area contributed by atoms with Gasteiger partial charge >= 0.3 is 0 Å². The summed E-state index contributed by atoms with van der Waals surface area (Å²) >= 11 is 3.22. The zero-order chi connectivity index (χ0) is 60.6. The standard InChI is InChI=1S/C23H24F2N2O5.C22H22F2N2O5.C15H16BrNO4/c1-3-23-7-4-8-32-17(23)12-27-11-15(19(28)20(31-2)18(27)21(23)29)22(30)26-10-13-5-6-14(24)9-16(13)25;1-2-22-6-3-7-31-16(22)11-26-10-14(18(27)19(28)17(26)20(22)29)21(30)25-9-12-4-5-13(23)8-15(12)24;1-3-15-5-4-6-21-10(15)8-17-7-9(16)12(18)13(20-2)11(17)14(15)19/h5-6,9,11,17H,3-4,7-8,10,12H2,1-2H3,(H,26,30);4-5,8,10,16,28H,2-3,6-7,9,11H2,1H3,(H,25,30);3,7,10H,1,4-6,8H2,2H3/t17-,23+;16-,22+;10-,15+/m111/s1. The summed E-state index contributed by atoms with van der Waals surface area (Å²) < 4.78 is 86.9. The van der Waals surface area contributed by atoms with Gasteiger partial charge < -0.3 is 53.1 Å². The molecule has 6 atom stereocenters. The summed E-state index contributed by atoms with van der Waals surface area (Å²) in [6.45, 7) is 9.84. The third kappa shape index (κ3) is 10.7. The molecule has 0 radical (unpaired) electrons. The molecule has 11 rings (SSSR count). The number of carbonyl (C=O) groups is 5. The second-order valence-electron chi connectivity index (χ2n) is 21.4. The average molecular weight is 1230 g/mol. The molecule has 2 amide bonds. The van der Waals surface area contributed by atoms with Crippen molar-refractivity contribution in [1.29, 1.82) is 0 Å². The number of aromatic nitrogens is 3. The molecule has 3 N–H and O–H groups in total. The molecule has 9 heterocycles. The molecule has 19 nitrogen and oxygen atoms in total. The molecule has 0 saturated carbocycles. The van der Waals surface area contributed by atoms with Gasteiger partial charge in [-0.05, 0) is 79.4 Å². The van der Waals surface area contributed by atoms with Gasteiger partial charge in [-0.1, -0.05) is 32.1 Å². The minimum absolute atomic E-state index is 0.0375. The maximum Gasteiger partial charge on any atom is 0.257 e. The molecular formula is C60H62BrF4N5O14. The Hall–Kier alpha value is -7.54. The van der Waals surface area contributed by atoms with E-state index in [9.17, 15) is 61.0 Å². The molecule has 5 aromatic rings. The second-order valence-corrected chi connectivity index (χ2v) is 22.3. The average Bonchev–Trinajstić information content (AvgIpc) is 0.877. The van der Waals surface area contributed by atoms with Crippen molar-refractivity contribution >= 4 is 45.1 Å². The second kappa shape index (κ2) is 24.6. The van der Waals surface area contributed by atoms with Crippen LogP contribution in [0.5, 0.6) is 17.2 Å². The largest absolute Gasteiger partial charge is 0.503 e. The van der Waals surface area contributed by atoms with Crippen molar-refractivity contribution < 1.29 is 70.3 Å². The highest BCUT2D eigenvalue weighted by Gasteiger charge is 2.54. The maximum atomic E-state index is 13.9. The summed E-state index contributed by atoms with van der Waals surface area (Å²) in [5.74, 6) is -6.31. The van der Waals surface area contributed by atoms with Crippen LogP contribution in [0.2, 0.25) is 0 Å². The molecule has 3 aromatic heterocycles. The Morgan fingerprint density at radius 3 is 1.56 bits per heavy atom. The molecule has 6 aliphatic heterocycles. The third-order valence-corrected chi connectivity index (χ3v) is 17.8. The van der Waals surface area contributed by atoms with Crippen molar-refractivity contribution in [2.75, 3.05) is 34.0 Å². The Morgan fingerprint density at radius 2 is 1.07 bits per heavy atom. The number of hydrogen-bond donors (Lipinski definition) is 3. The first kappa shape index (κ1) is 61.0. The number of aromatic hydroxyl groups is 1. The van der Waals surface area contributed by atoms with Gasteiger partial charge in [0.2, 0.25) is 16.3 Å². The minimum atomic E-state index is -0.974. The van der Waals surface area contributed by atoms with Crippen LogP contribution in [-0.2, 0) is 46.9 Å². The van der Waals surface area contributed by atoms with Gasteiger partial charge in [-0.15, -0.1) is 6.58 Å². The van der Waals surface area contributed by atoms with Crippen LogP contribution in [0.1, 0.15) is 129 Å². The Balaban J connectivity index is 0.000000155. The molecule has 0 aliphatic carbocycles. The summed E-state index contributed by atoms with van der Waals surface area (Å²) in [7, 11) is 2.68. The molecule has 446 valence electrons. The summed E-state index contributed by atoms with van der Waals surface area (Å²) in [6.07, 6.45) is 10.1. The molecule has 0 spiro atoms. The summed E-state index contributed by atoms with van der Waals surface area (Å²) in [4.78, 5) is 103. The summed E-state index contributed by atoms with van der Waals surface area (Å²) in [5.41, 5.74) is -4.45. The van der Waals surface area contributed by atoms with E-state index in [4.69, 9.17) is 23.7 Å². The minimum Gasteiger partial charge on any atom is -0.503 e. The predicted molar refractivity (Wildman–Crippen MR) is 298 cm³/mol. The number of ether oxygens (including phenoxy) is 5. The van der Waals surface area contributed by atoms with Crippen LogP contribution < -0.4 is 36.4 Å². The van der Waals surface area contributed by atoms with E-state index < -0.39 is 74.0 Å². The van der Waals surface area contributed by atoms with Gasteiger partial charge in [0.1, 0.15) is 51.5 Å². The molecule has 84 heavy (non-hydrogen) atoms. The van der Waals surface area contributed by atoms with Crippen LogP contribution in [-0.4, -0.2) is 100 Å². The van der Waals surface area contributed by atoms with E-state index in [0.717, 1.165) is 25.0 Å². The van der Waals surface area contributed by atoms with Gasteiger partial charge in [0.05, 0.1) is 72.9 Å². The monoisotopic (exact) mass is 1230 g/mol. The van der Waals surface area contributed by atoms with Crippen LogP contribution in [0.3, 0.4) is 0 Å². The number of carbonyl (C=O) groups excluding carboxylic acids is 5. The summed E-state index contributed by atoms with van der Waals surface area (Å²) in [5, 5.41) is 15.4. The molecule has 2 aromatic carbocycles. The van der Waals surface area contributed by atoms with Crippen LogP contribution in [0, 0.1) is 39.5 Å². The van der Waals surface area contributed by atoms with E-state index >= 15 is 0 Å². The Bertz CT molecular complexity index is 3700. The number of Topliss-reactive ketones (excluding diaryl/α,β-unsaturated/α-hetero) is 3. The van der Waals surface area contributed by atoms with Crippen molar-refractivity contribution in [1.82, 2.24) is 24.3 Å². The molecule has 0 unspecified atom stereocenters. The van der Waals surface area contributed by atoms with Gasteiger partial charge in [0.25, 0.3) is 11.8 Å². The number of rotatable bonds is 11. The molecule has 6 aliphatic rings. The van der Waals surface area contributed by atoms with E-state index in [2.05, 4.69) is 33.1 Å². The van der Waals surface area contributed by atoms with Gasteiger partial charge in [0, 0.05) is 74.8 Å². The first-order valence-electron chi connectivity index (χ1n) is 27.5. The lowest BCUT2D eigenvalue weighted by molar-refractivity contribution is -0.0830. The van der Waals surface area contributed by atoms with E-state index in [1.165, 1.54) is 43.3 Å². The fourth-order valence-electron chi connectivity index (χ4n) is 12.5. The van der Waals surface area contributed by atoms with Crippen molar-refractivity contribution in [3.63, 3.8) is 0 Å². The van der Waals surface area contributed by atoms with Crippen molar-refractivity contribution in [2.24, 2.45) is 16.2 Å². The lowest BCUT2D eigenvalue weighted by Crippen LogP contribution is -2.54. The van der Waals surface area contributed by atoms with E-state index in [0.29, 0.717) is 93.7 Å². The lowest BCUT2D eigenvalue weighted by Gasteiger charge is -2.46. The van der Waals surface area contributed by atoms with Gasteiger partial charge in [-0.2, -0.15) is 0 Å². The molecule has 24 heteroatoms. The van der Waals surface area contributed by atoms with E-state index in [1.807, 2.05) is 13.8 Å². The fourth-order valence-corrected chi connectivity index (χ4v) is 12.9. The number of nitrogens with zero attached hydrogens (tertiary/aromatic N) is 3. The Morgan fingerprint density at radius 1 is 0.643 bits per heavy atom. The van der Waals surface area contributed by atoms with Crippen LogP contribution >= 0.6 is 15.9 Å². The first-order valence-corrected chi connectivity index (χ1v) is 28.3. The molecular weight excluding hydrogens is 1170 g/mol. The predicted octanol–water partition coefficient (Wildman–Crippen LogP) is 7.54. The SMILES string of the molecule is C=C[C@]12CCCO[C@@H]1Cn1cc(Br)c(=O)c(OC)c1C2=O.CC[C@]12CCCO[C@@H]1Cn1cc(C(=O)NCc3ccc(F)cc3F)c(=O)c(O)c1C2=O.CC[C@]12CCCO[C@@H]1Cn1cc(C(=O)NCc3ccc(F)cc3F)c(=O)c(OC)c1C2=O. The van der Waals surface area contributed by atoms with E-state index in [1.54, 1.807) is 21.4 Å². The molecule has 3 saturated heterocycles. The molecule has 0 bridgehead atoms. The van der Waals surface area contributed by atoms with Crippen LogP contribution in [0.15, 0.2) is 86.5 Å². The van der Waals surface area contributed by atoms with Gasteiger partial charge in [-0.25, -0.2) is 17.6 Å². The van der Waals surface area contributed by atoms with Crippen LogP contribution in [0.25, 0.3) is 0 Å². The number of halogens is 5. The number of ketones is 3. The highest BCUT2D eigenvalue weighted by molar-refractivity contribution is 9.10. The zero-order valence-corrected chi connectivity index (χ0v) is 48.1. The zero-order valence-electron chi connectivity index (χ0n) is 46.5. The summed E-state index contributed by atoms with van der Waals surface area (Å²) in [6, 6.07) is 5.95. The number of nitrogens with one attached hydrogen (secondary N) is 2. The number of fused-ring (bicyclic) bond motifs is 6. The topological polar surface area (TPSA) is 242 Å². The van der Waals surface area contributed by atoms with Crippen molar-refractivity contribution in [3.8, 4) is 17.2 Å². The number of hydrogen-bond acceptors (Lipinski definition) is 14. The van der Waals surface area contributed by atoms with Crippen molar-refractivity contribution in [3.05, 3.63) is 165 Å². The third-order valence-electron chi connectivity index (χ3n) is 17.2. The number of benzene rings is 2. The maximum absolute atomic E-state index is 13.9. The van der Waals surface area contributed by atoms with Crippen LogP contribution in [0.4, 0.5) is 17.6 Å². The molecule has 3 fully saturated rings. The van der Waals surface area contributed by atoms with Gasteiger partial charge in [-0.3, -0.25) is 38.4 Å². The number of methoxy groups -OCH3 is 2.